The summed E-state index contributed by atoms with van der Waals surface area (Å²) in [5.41, 5.74) is 4.36. The first kappa shape index (κ1) is 31.1. The molecule has 0 aliphatic heterocycles. The molecule has 0 unspecified atom stereocenters. The molecule has 2 aromatic carbocycles. The fourth-order valence-electron chi connectivity index (χ4n) is 4.01. The molecule has 0 saturated carbocycles. The lowest BCUT2D eigenvalue weighted by Crippen LogP contribution is -2.17. The second-order valence-electron chi connectivity index (χ2n) is 11.3. The summed E-state index contributed by atoms with van der Waals surface area (Å²) >= 11 is 1.88. The lowest BCUT2D eigenvalue weighted by molar-refractivity contribution is 0.320. The highest BCUT2D eigenvalue weighted by Crippen LogP contribution is 2.41. The van der Waals surface area contributed by atoms with Crippen LogP contribution in [0.5, 0.6) is 11.5 Å². The maximum Gasteiger partial charge on any atom is 0.226 e. The largest absolute Gasteiger partial charge is 0.507 e. The lowest BCUT2D eigenvalue weighted by Gasteiger charge is -2.27. The highest BCUT2D eigenvalue weighted by atomic mass is 35.5. The number of thioether (sulfide) groups is 1. The van der Waals surface area contributed by atoms with Gasteiger partial charge in [0.1, 0.15) is 17.8 Å². The maximum atomic E-state index is 11.0. The average molecular weight is 547 g/mol. The SMILES string of the molecule is CSCCCNCc1ccc(OCCc2coc(-c3cc(C(C)(C)C)c(O)c(C(C)(C)C)c3)n2)cc1.Cl. The molecule has 1 aromatic heterocycles. The Kier molecular flexibility index (Phi) is 11.4. The summed E-state index contributed by atoms with van der Waals surface area (Å²) < 4.78 is 11.8. The molecule has 3 rings (SSSR count). The zero-order valence-corrected chi connectivity index (χ0v) is 24.9. The van der Waals surface area contributed by atoms with E-state index in [4.69, 9.17) is 14.1 Å². The minimum absolute atomic E-state index is 0. The van der Waals surface area contributed by atoms with Crippen LogP contribution in [0.25, 0.3) is 11.5 Å². The van der Waals surface area contributed by atoms with E-state index in [2.05, 4.69) is 65.2 Å². The standard InChI is InChI=1S/C30H42N2O3S.ClH/c1-29(2,3)25-17-22(18-26(27(25)33)30(4,5)6)28-32-23(20-35-28)13-15-34-24-11-9-21(10-12-24)19-31-14-8-16-36-7;/h9-12,17-18,20,31,33H,8,13-16,19H2,1-7H3;1H. The Balaban J connectivity index is 0.00000481. The van der Waals surface area contributed by atoms with Crippen molar-refractivity contribution in [3.05, 3.63) is 65.0 Å². The zero-order valence-electron chi connectivity index (χ0n) is 23.3. The molecule has 0 aliphatic carbocycles. The Morgan fingerprint density at radius 3 is 2.19 bits per heavy atom. The summed E-state index contributed by atoms with van der Waals surface area (Å²) in [5.74, 6) is 2.97. The molecule has 0 saturated heterocycles. The number of benzene rings is 2. The van der Waals surface area contributed by atoms with E-state index in [0.29, 0.717) is 24.7 Å². The van der Waals surface area contributed by atoms with E-state index in [0.717, 1.165) is 41.2 Å². The molecular formula is C30H43ClN2O3S. The first-order valence-corrected chi connectivity index (χ1v) is 14.1. The number of rotatable bonds is 11. The molecule has 0 amide bonds. The molecule has 3 aromatic rings. The monoisotopic (exact) mass is 546 g/mol. The Hall–Kier alpha value is -2.15. The number of phenolic OH excluding ortho intramolecular Hbond substituents is 1. The molecule has 0 fully saturated rings. The topological polar surface area (TPSA) is 67.5 Å². The van der Waals surface area contributed by atoms with Crippen molar-refractivity contribution < 1.29 is 14.3 Å². The number of aromatic hydroxyl groups is 1. The number of aromatic nitrogens is 1. The van der Waals surface area contributed by atoms with E-state index in [-0.39, 0.29) is 23.2 Å². The van der Waals surface area contributed by atoms with Crippen LogP contribution in [0.3, 0.4) is 0 Å². The van der Waals surface area contributed by atoms with Gasteiger partial charge in [0, 0.05) is 29.7 Å². The number of nitrogens with one attached hydrogen (secondary N) is 1. The Bertz CT molecular complexity index is 1080. The summed E-state index contributed by atoms with van der Waals surface area (Å²) in [4.78, 5) is 4.72. The molecule has 0 aliphatic rings. The molecule has 0 spiro atoms. The second kappa shape index (κ2) is 13.6. The van der Waals surface area contributed by atoms with E-state index < -0.39 is 0 Å². The van der Waals surface area contributed by atoms with Gasteiger partial charge in [0.25, 0.3) is 0 Å². The Labute approximate surface area is 233 Å². The molecule has 5 nitrogen and oxygen atoms in total. The fourth-order valence-corrected chi connectivity index (χ4v) is 4.44. The van der Waals surface area contributed by atoms with Gasteiger partial charge in [-0.1, -0.05) is 53.7 Å². The number of hydrogen-bond donors (Lipinski definition) is 2. The summed E-state index contributed by atoms with van der Waals surface area (Å²) in [6.45, 7) is 15.1. The minimum atomic E-state index is -0.205. The van der Waals surface area contributed by atoms with Gasteiger partial charge in [0.15, 0.2) is 0 Å². The number of halogens is 1. The van der Waals surface area contributed by atoms with Crippen LogP contribution in [0.2, 0.25) is 0 Å². The number of oxazole rings is 1. The third-order valence-corrected chi connectivity index (χ3v) is 6.80. The van der Waals surface area contributed by atoms with Crippen molar-refractivity contribution >= 4 is 24.2 Å². The van der Waals surface area contributed by atoms with Crippen LogP contribution >= 0.6 is 24.2 Å². The van der Waals surface area contributed by atoms with Gasteiger partial charge in [0.05, 0.1) is 12.3 Å². The summed E-state index contributed by atoms with van der Waals surface area (Å²) in [7, 11) is 0. The van der Waals surface area contributed by atoms with Gasteiger partial charge in [-0.15, -0.1) is 12.4 Å². The van der Waals surface area contributed by atoms with E-state index in [1.807, 2.05) is 36.0 Å². The van der Waals surface area contributed by atoms with Crippen molar-refractivity contribution in [1.29, 1.82) is 0 Å². The van der Waals surface area contributed by atoms with Crippen molar-refractivity contribution in [3.63, 3.8) is 0 Å². The molecule has 0 atom stereocenters. The van der Waals surface area contributed by atoms with Crippen LogP contribution in [-0.4, -0.2) is 35.3 Å². The molecule has 7 heteroatoms. The van der Waals surface area contributed by atoms with Gasteiger partial charge in [-0.2, -0.15) is 11.8 Å². The average Bonchev–Trinajstić information content (AvgIpc) is 3.27. The molecule has 0 bridgehead atoms. The third-order valence-electron chi connectivity index (χ3n) is 6.11. The molecule has 0 radical (unpaired) electrons. The predicted molar refractivity (Wildman–Crippen MR) is 159 cm³/mol. The fraction of sp³-hybridized carbons (Fsp3) is 0.500. The number of ether oxygens (including phenoxy) is 1. The van der Waals surface area contributed by atoms with Crippen LogP contribution in [0, 0.1) is 0 Å². The van der Waals surface area contributed by atoms with Crippen molar-refractivity contribution in [3.8, 4) is 23.0 Å². The number of hydrogen-bond acceptors (Lipinski definition) is 6. The van der Waals surface area contributed by atoms with Gasteiger partial charge >= 0.3 is 0 Å². The van der Waals surface area contributed by atoms with Gasteiger partial charge in [-0.05, 0) is 65.6 Å². The van der Waals surface area contributed by atoms with E-state index in [1.165, 1.54) is 17.7 Å². The van der Waals surface area contributed by atoms with Gasteiger partial charge < -0.3 is 19.6 Å². The Morgan fingerprint density at radius 1 is 1.00 bits per heavy atom. The van der Waals surface area contributed by atoms with Crippen molar-refractivity contribution in [1.82, 2.24) is 10.3 Å². The van der Waals surface area contributed by atoms with Gasteiger partial charge in [-0.3, -0.25) is 0 Å². The number of nitrogens with zero attached hydrogens (tertiary/aromatic N) is 1. The van der Waals surface area contributed by atoms with Crippen LogP contribution in [0.4, 0.5) is 0 Å². The highest BCUT2D eigenvalue weighted by molar-refractivity contribution is 7.98. The first-order chi connectivity index (χ1) is 17.0. The normalized spacial score (nSPS) is 11.9. The van der Waals surface area contributed by atoms with Crippen molar-refractivity contribution in [2.75, 3.05) is 25.2 Å². The second-order valence-corrected chi connectivity index (χ2v) is 12.3. The molecule has 2 N–H and O–H groups in total. The zero-order chi connectivity index (χ0) is 26.3. The minimum Gasteiger partial charge on any atom is -0.507 e. The number of phenols is 1. The van der Waals surface area contributed by atoms with Crippen LogP contribution in [0.1, 0.15) is 70.3 Å². The highest BCUT2D eigenvalue weighted by Gasteiger charge is 2.27. The van der Waals surface area contributed by atoms with Crippen LogP contribution in [-0.2, 0) is 23.8 Å². The van der Waals surface area contributed by atoms with Crippen LogP contribution in [0.15, 0.2) is 47.1 Å². The summed E-state index contributed by atoms with van der Waals surface area (Å²) in [6.07, 6.45) is 5.68. The maximum absolute atomic E-state index is 11.0. The summed E-state index contributed by atoms with van der Waals surface area (Å²) in [6, 6.07) is 12.2. The third kappa shape index (κ3) is 8.98. The summed E-state index contributed by atoms with van der Waals surface area (Å²) in [5, 5.41) is 14.5. The van der Waals surface area contributed by atoms with E-state index >= 15 is 0 Å². The smallest absolute Gasteiger partial charge is 0.226 e. The van der Waals surface area contributed by atoms with Crippen molar-refractivity contribution in [2.45, 2.75) is 71.8 Å². The molecular weight excluding hydrogens is 504 g/mol. The van der Waals surface area contributed by atoms with Crippen LogP contribution < -0.4 is 10.1 Å². The molecule has 204 valence electrons. The first-order valence-electron chi connectivity index (χ1n) is 12.7. The predicted octanol–water partition coefficient (Wildman–Crippen LogP) is 7.53. The van der Waals surface area contributed by atoms with E-state index in [1.54, 1.807) is 6.26 Å². The quantitative estimate of drug-likeness (QED) is 0.242. The van der Waals surface area contributed by atoms with Gasteiger partial charge in [-0.25, -0.2) is 4.98 Å². The molecule has 37 heavy (non-hydrogen) atoms. The van der Waals surface area contributed by atoms with E-state index in [9.17, 15) is 5.11 Å². The van der Waals surface area contributed by atoms with Crippen molar-refractivity contribution in [2.24, 2.45) is 0 Å². The lowest BCUT2D eigenvalue weighted by atomic mass is 9.78. The van der Waals surface area contributed by atoms with Gasteiger partial charge in [0.2, 0.25) is 5.89 Å². The Morgan fingerprint density at radius 2 is 1.62 bits per heavy atom. The molecule has 1 heterocycles.